The van der Waals surface area contributed by atoms with Gasteiger partial charge in [-0.3, -0.25) is 0 Å². The Morgan fingerprint density at radius 2 is 1.56 bits per heavy atom. The molecule has 0 unspecified atom stereocenters. The van der Waals surface area contributed by atoms with E-state index >= 15 is 0 Å². The summed E-state index contributed by atoms with van der Waals surface area (Å²) in [5.74, 6) is 0. The zero-order valence-electron chi connectivity index (χ0n) is 11.8. The van der Waals surface area contributed by atoms with Crippen LogP contribution in [0.15, 0.2) is 12.2 Å². The predicted octanol–water partition coefficient (Wildman–Crippen LogP) is 1.02. The first-order chi connectivity index (χ1) is 8.73. The molecule has 0 amide bonds. The standard InChI is InChI=1S/C13H24O5/c1-6-7-9-11(15-3)13(17-5)12(16-4)10(18-9)8-14-2/h6-7,9-13H,8H2,1-5H3/b7-6+/t9-,10-,11+,12+,13-/m1/s1. The summed E-state index contributed by atoms with van der Waals surface area (Å²) in [7, 11) is 6.60. The highest BCUT2D eigenvalue weighted by Gasteiger charge is 2.45. The van der Waals surface area contributed by atoms with Crippen LogP contribution in [-0.4, -0.2) is 65.6 Å². The fourth-order valence-corrected chi connectivity index (χ4v) is 2.41. The van der Waals surface area contributed by atoms with Crippen LogP contribution in [0, 0.1) is 0 Å². The van der Waals surface area contributed by atoms with Gasteiger partial charge in [-0.1, -0.05) is 12.2 Å². The zero-order valence-corrected chi connectivity index (χ0v) is 11.8. The molecule has 0 aromatic heterocycles. The smallest absolute Gasteiger partial charge is 0.116 e. The molecule has 1 rings (SSSR count). The highest BCUT2D eigenvalue weighted by atomic mass is 16.6. The summed E-state index contributed by atoms with van der Waals surface area (Å²) in [6.45, 7) is 2.41. The van der Waals surface area contributed by atoms with E-state index in [1.54, 1.807) is 28.4 Å². The number of hydrogen-bond acceptors (Lipinski definition) is 5. The van der Waals surface area contributed by atoms with E-state index in [9.17, 15) is 0 Å². The van der Waals surface area contributed by atoms with Crippen LogP contribution in [0.3, 0.4) is 0 Å². The lowest BCUT2D eigenvalue weighted by atomic mass is 9.94. The third-order valence-electron chi connectivity index (χ3n) is 3.20. The molecule has 5 nitrogen and oxygen atoms in total. The first kappa shape index (κ1) is 15.6. The summed E-state index contributed by atoms with van der Waals surface area (Å²) in [4.78, 5) is 0. The monoisotopic (exact) mass is 260 g/mol. The number of hydrogen-bond donors (Lipinski definition) is 0. The quantitative estimate of drug-likeness (QED) is 0.667. The van der Waals surface area contributed by atoms with Crippen molar-refractivity contribution in [2.45, 2.75) is 37.4 Å². The van der Waals surface area contributed by atoms with Crippen LogP contribution in [0.4, 0.5) is 0 Å². The van der Waals surface area contributed by atoms with Gasteiger partial charge in [-0.05, 0) is 6.92 Å². The number of rotatable bonds is 6. The molecule has 0 aromatic rings. The molecule has 106 valence electrons. The molecular weight excluding hydrogens is 236 g/mol. The SMILES string of the molecule is C/C=C/[C@H]1O[C@H](COC)[C@H](OC)[C@H](OC)[C@H]1OC. The Labute approximate surface area is 109 Å². The third kappa shape index (κ3) is 3.30. The summed E-state index contributed by atoms with van der Waals surface area (Å²) in [6.07, 6.45) is 3.00. The van der Waals surface area contributed by atoms with E-state index in [2.05, 4.69) is 0 Å². The summed E-state index contributed by atoms with van der Waals surface area (Å²) in [6, 6.07) is 0. The van der Waals surface area contributed by atoms with Gasteiger partial charge in [0.2, 0.25) is 0 Å². The molecule has 0 aromatic carbocycles. The van der Waals surface area contributed by atoms with Gasteiger partial charge in [0.1, 0.15) is 30.5 Å². The fraction of sp³-hybridized carbons (Fsp3) is 0.846. The van der Waals surface area contributed by atoms with Crippen molar-refractivity contribution in [3.05, 3.63) is 12.2 Å². The molecule has 0 N–H and O–H groups in total. The highest BCUT2D eigenvalue weighted by molar-refractivity contribution is 5.02. The first-order valence-electron chi connectivity index (χ1n) is 6.09. The van der Waals surface area contributed by atoms with Crippen LogP contribution in [0.5, 0.6) is 0 Å². The van der Waals surface area contributed by atoms with Crippen LogP contribution in [-0.2, 0) is 23.7 Å². The normalized spacial score (nSPS) is 37.3. The van der Waals surface area contributed by atoms with E-state index in [1.807, 2.05) is 19.1 Å². The largest absolute Gasteiger partial charge is 0.382 e. The van der Waals surface area contributed by atoms with E-state index in [-0.39, 0.29) is 30.5 Å². The average molecular weight is 260 g/mol. The van der Waals surface area contributed by atoms with Gasteiger partial charge in [-0.25, -0.2) is 0 Å². The molecule has 0 saturated carbocycles. The maximum atomic E-state index is 5.96. The fourth-order valence-electron chi connectivity index (χ4n) is 2.41. The summed E-state index contributed by atoms with van der Waals surface area (Å²) in [5.41, 5.74) is 0. The van der Waals surface area contributed by atoms with Gasteiger partial charge < -0.3 is 23.7 Å². The third-order valence-corrected chi connectivity index (χ3v) is 3.20. The minimum Gasteiger partial charge on any atom is -0.382 e. The molecule has 1 saturated heterocycles. The molecule has 1 aliphatic rings. The van der Waals surface area contributed by atoms with Crippen molar-refractivity contribution in [2.75, 3.05) is 35.0 Å². The van der Waals surface area contributed by atoms with Crippen LogP contribution in [0.1, 0.15) is 6.92 Å². The lowest BCUT2D eigenvalue weighted by Crippen LogP contribution is -2.60. The Morgan fingerprint density at radius 1 is 0.944 bits per heavy atom. The second kappa shape index (κ2) is 7.86. The summed E-state index contributed by atoms with van der Waals surface area (Å²) < 4.78 is 27.7. The molecule has 0 bridgehead atoms. The van der Waals surface area contributed by atoms with Crippen LogP contribution in [0.2, 0.25) is 0 Å². The molecular formula is C13H24O5. The maximum absolute atomic E-state index is 5.96. The van der Waals surface area contributed by atoms with Crippen LogP contribution < -0.4 is 0 Å². The molecule has 0 spiro atoms. The topological polar surface area (TPSA) is 46.2 Å². The number of ether oxygens (including phenoxy) is 5. The van der Waals surface area contributed by atoms with Gasteiger partial charge in [0.05, 0.1) is 6.61 Å². The highest BCUT2D eigenvalue weighted by Crippen LogP contribution is 2.27. The van der Waals surface area contributed by atoms with Crippen LogP contribution >= 0.6 is 0 Å². The van der Waals surface area contributed by atoms with Gasteiger partial charge in [0, 0.05) is 28.4 Å². The number of allylic oxidation sites excluding steroid dienone is 1. The van der Waals surface area contributed by atoms with E-state index in [1.165, 1.54) is 0 Å². The van der Waals surface area contributed by atoms with Gasteiger partial charge in [0.25, 0.3) is 0 Å². The Morgan fingerprint density at radius 3 is 2.00 bits per heavy atom. The minimum absolute atomic E-state index is 0.156. The molecule has 1 heterocycles. The maximum Gasteiger partial charge on any atom is 0.116 e. The molecule has 5 heteroatoms. The Balaban J connectivity index is 2.92. The predicted molar refractivity (Wildman–Crippen MR) is 67.7 cm³/mol. The molecule has 1 aliphatic heterocycles. The molecule has 18 heavy (non-hydrogen) atoms. The van der Waals surface area contributed by atoms with E-state index in [0.717, 1.165) is 0 Å². The molecule has 0 radical (unpaired) electrons. The van der Waals surface area contributed by atoms with Gasteiger partial charge in [-0.2, -0.15) is 0 Å². The average Bonchev–Trinajstić information content (AvgIpc) is 2.38. The van der Waals surface area contributed by atoms with E-state index in [0.29, 0.717) is 6.61 Å². The zero-order chi connectivity index (χ0) is 13.5. The molecule has 1 fully saturated rings. The molecule has 0 aliphatic carbocycles. The van der Waals surface area contributed by atoms with Crippen molar-refractivity contribution in [1.82, 2.24) is 0 Å². The Bertz CT molecular complexity index is 256. The Hall–Kier alpha value is -0.460. The second-order valence-electron chi connectivity index (χ2n) is 4.22. The van der Waals surface area contributed by atoms with Gasteiger partial charge in [-0.15, -0.1) is 0 Å². The van der Waals surface area contributed by atoms with Crippen molar-refractivity contribution in [3.63, 3.8) is 0 Å². The van der Waals surface area contributed by atoms with Crippen molar-refractivity contribution >= 4 is 0 Å². The van der Waals surface area contributed by atoms with E-state index in [4.69, 9.17) is 23.7 Å². The van der Waals surface area contributed by atoms with Gasteiger partial charge >= 0.3 is 0 Å². The summed E-state index contributed by atoms with van der Waals surface area (Å²) >= 11 is 0. The van der Waals surface area contributed by atoms with Gasteiger partial charge in [0.15, 0.2) is 0 Å². The lowest BCUT2D eigenvalue weighted by molar-refractivity contribution is -0.238. The lowest BCUT2D eigenvalue weighted by Gasteiger charge is -2.44. The van der Waals surface area contributed by atoms with Crippen molar-refractivity contribution in [3.8, 4) is 0 Å². The molecule has 5 atom stereocenters. The van der Waals surface area contributed by atoms with E-state index < -0.39 is 0 Å². The number of methoxy groups -OCH3 is 4. The van der Waals surface area contributed by atoms with Crippen molar-refractivity contribution in [1.29, 1.82) is 0 Å². The second-order valence-corrected chi connectivity index (χ2v) is 4.22. The Kier molecular flexibility index (Phi) is 6.81. The minimum atomic E-state index is -0.207. The van der Waals surface area contributed by atoms with Crippen molar-refractivity contribution < 1.29 is 23.7 Å². The first-order valence-corrected chi connectivity index (χ1v) is 6.09. The van der Waals surface area contributed by atoms with Crippen molar-refractivity contribution in [2.24, 2.45) is 0 Å². The van der Waals surface area contributed by atoms with Crippen LogP contribution in [0.25, 0.3) is 0 Å². The summed E-state index contributed by atoms with van der Waals surface area (Å²) in [5, 5.41) is 0.